The molecule has 0 fully saturated rings. The van der Waals surface area contributed by atoms with Gasteiger partial charge in [0.05, 0.1) is 16.0 Å². The van der Waals surface area contributed by atoms with E-state index in [0.717, 1.165) is 6.07 Å². The number of azo groups is 1. The van der Waals surface area contributed by atoms with Crippen molar-refractivity contribution in [1.82, 2.24) is 4.98 Å². The van der Waals surface area contributed by atoms with E-state index in [1.165, 1.54) is 18.2 Å². The number of nitro groups is 1. The molecule has 1 aliphatic heterocycles. The Bertz CT molecular complexity index is 1100. The topological polar surface area (TPSA) is 139 Å². The van der Waals surface area contributed by atoms with Gasteiger partial charge in [-0.3, -0.25) is 14.9 Å². The number of carbonyl (C=O) groups is 1. The third-order valence-corrected chi connectivity index (χ3v) is 3.96. The highest BCUT2D eigenvalue weighted by molar-refractivity contribution is 5.98. The van der Waals surface area contributed by atoms with Crippen molar-refractivity contribution in [1.29, 1.82) is 0 Å². The van der Waals surface area contributed by atoms with Gasteiger partial charge in [0, 0.05) is 23.6 Å². The van der Waals surface area contributed by atoms with Crippen LogP contribution in [0.5, 0.6) is 17.4 Å². The highest BCUT2D eigenvalue weighted by atomic mass is 16.6. The first-order chi connectivity index (χ1) is 13.0. The molecule has 4 rings (SSSR count). The van der Waals surface area contributed by atoms with E-state index in [1.807, 2.05) is 0 Å². The van der Waals surface area contributed by atoms with Crippen molar-refractivity contribution in [2.24, 2.45) is 10.2 Å². The second-order valence-electron chi connectivity index (χ2n) is 5.68. The molecule has 0 saturated heterocycles. The molecule has 27 heavy (non-hydrogen) atoms. The number of hydrogen-bond donors (Lipinski definition) is 2. The zero-order valence-corrected chi connectivity index (χ0v) is 13.7. The zero-order chi connectivity index (χ0) is 19.0. The van der Waals surface area contributed by atoms with Gasteiger partial charge in [-0.1, -0.05) is 6.07 Å². The Balaban J connectivity index is 1.68. The average Bonchev–Trinajstić information content (AvgIpc) is 2.98. The highest BCUT2D eigenvalue weighted by Crippen LogP contribution is 2.42. The fourth-order valence-corrected chi connectivity index (χ4v) is 2.71. The lowest BCUT2D eigenvalue weighted by atomic mass is 10.2. The number of aromatic nitrogens is 1. The molecule has 136 valence electrons. The normalized spacial score (nSPS) is 13.2. The van der Waals surface area contributed by atoms with Crippen LogP contribution in [0.3, 0.4) is 0 Å². The van der Waals surface area contributed by atoms with Gasteiger partial charge in [0.1, 0.15) is 13.2 Å². The van der Waals surface area contributed by atoms with Crippen LogP contribution in [-0.2, 0) is 0 Å². The van der Waals surface area contributed by atoms with Crippen molar-refractivity contribution < 1.29 is 24.3 Å². The number of H-pyrrole nitrogens is 1. The second kappa shape index (κ2) is 6.41. The van der Waals surface area contributed by atoms with E-state index >= 15 is 0 Å². The molecule has 3 aromatic rings. The molecule has 2 aromatic carbocycles. The van der Waals surface area contributed by atoms with Crippen LogP contribution in [0.2, 0.25) is 0 Å². The number of fused-ring (bicyclic) bond motifs is 2. The maximum atomic E-state index is 12.2. The quantitative estimate of drug-likeness (QED) is 0.412. The van der Waals surface area contributed by atoms with E-state index < -0.39 is 10.8 Å². The molecule has 1 aliphatic rings. The fraction of sp³-hybridized carbons (Fsp3) is 0.118. The van der Waals surface area contributed by atoms with E-state index in [0.29, 0.717) is 35.6 Å². The van der Waals surface area contributed by atoms with Crippen molar-refractivity contribution in [3.8, 4) is 17.4 Å². The standard InChI is InChI=1S/C17H12N4O6/c22-16(9-2-1-3-10(6-9)21(24)25)20-19-15-11-7-13-14(27-5-4-26-13)8-12(11)18-17(15)23/h1-3,6-8,18,23H,4-5H2. The number of nitrogens with zero attached hydrogens (tertiary/aromatic N) is 3. The van der Waals surface area contributed by atoms with Gasteiger partial charge in [-0.25, -0.2) is 0 Å². The molecule has 0 atom stereocenters. The SMILES string of the molecule is O=C(N=Nc1c(O)[nH]c2cc3c(cc12)OCCO3)c1cccc([N+](=O)[O-])c1. The number of ether oxygens (including phenoxy) is 2. The van der Waals surface area contributed by atoms with Crippen LogP contribution in [-0.4, -0.2) is 34.1 Å². The Hall–Kier alpha value is -3.95. The number of amides is 1. The maximum absolute atomic E-state index is 12.2. The van der Waals surface area contributed by atoms with E-state index in [4.69, 9.17) is 9.47 Å². The molecule has 10 heteroatoms. The van der Waals surface area contributed by atoms with Crippen molar-refractivity contribution in [3.63, 3.8) is 0 Å². The van der Waals surface area contributed by atoms with Crippen LogP contribution >= 0.6 is 0 Å². The Kier molecular flexibility index (Phi) is 3.92. The minimum atomic E-state index is -0.773. The summed E-state index contributed by atoms with van der Waals surface area (Å²) in [7, 11) is 0. The summed E-state index contributed by atoms with van der Waals surface area (Å²) in [4.78, 5) is 25.1. The predicted octanol–water partition coefficient (Wildman–Crippen LogP) is 3.48. The lowest BCUT2D eigenvalue weighted by molar-refractivity contribution is -0.384. The number of aromatic hydroxyl groups is 1. The highest BCUT2D eigenvalue weighted by Gasteiger charge is 2.19. The molecule has 0 bridgehead atoms. The fourth-order valence-electron chi connectivity index (χ4n) is 2.71. The molecule has 10 nitrogen and oxygen atoms in total. The van der Waals surface area contributed by atoms with Crippen LogP contribution in [0, 0.1) is 10.1 Å². The maximum Gasteiger partial charge on any atom is 0.295 e. The molecule has 0 saturated carbocycles. The summed E-state index contributed by atoms with van der Waals surface area (Å²) in [6, 6.07) is 8.44. The summed E-state index contributed by atoms with van der Waals surface area (Å²) in [6.07, 6.45) is 0. The molecule has 0 aliphatic carbocycles. The van der Waals surface area contributed by atoms with Gasteiger partial charge in [-0.2, -0.15) is 0 Å². The van der Waals surface area contributed by atoms with Crippen molar-refractivity contribution in [2.45, 2.75) is 0 Å². The minimum absolute atomic E-state index is 0.0152. The summed E-state index contributed by atoms with van der Waals surface area (Å²) in [6.45, 7) is 0.826. The molecular formula is C17H12N4O6. The Morgan fingerprint density at radius 3 is 2.67 bits per heavy atom. The molecule has 2 heterocycles. The molecule has 0 unspecified atom stereocenters. The van der Waals surface area contributed by atoms with Gasteiger partial charge in [0.25, 0.3) is 11.6 Å². The molecular weight excluding hydrogens is 356 g/mol. The minimum Gasteiger partial charge on any atom is -0.493 e. The number of nitrogens with one attached hydrogen (secondary N) is 1. The molecule has 0 spiro atoms. The van der Waals surface area contributed by atoms with Gasteiger partial charge < -0.3 is 19.6 Å². The van der Waals surface area contributed by atoms with Crippen molar-refractivity contribution in [3.05, 3.63) is 52.1 Å². The molecule has 1 amide bonds. The number of rotatable bonds is 3. The second-order valence-corrected chi connectivity index (χ2v) is 5.68. The summed E-state index contributed by atoms with van der Waals surface area (Å²) in [5.41, 5.74) is 0.380. The van der Waals surface area contributed by atoms with Gasteiger partial charge in [0.2, 0.25) is 5.88 Å². The number of nitro benzene ring substituents is 1. The first-order valence-electron chi connectivity index (χ1n) is 7.88. The molecule has 2 N–H and O–H groups in total. The van der Waals surface area contributed by atoms with Crippen molar-refractivity contribution >= 4 is 28.2 Å². The summed E-state index contributed by atoms with van der Waals surface area (Å²) < 4.78 is 11.0. The third kappa shape index (κ3) is 3.03. The Labute approximate surface area is 151 Å². The van der Waals surface area contributed by atoms with Gasteiger partial charge >= 0.3 is 0 Å². The number of aromatic amines is 1. The number of non-ortho nitro benzene ring substituents is 1. The first-order valence-corrected chi connectivity index (χ1v) is 7.88. The van der Waals surface area contributed by atoms with Gasteiger partial charge in [-0.05, 0) is 12.1 Å². The summed E-state index contributed by atoms with van der Waals surface area (Å²) in [5, 5.41) is 28.8. The third-order valence-electron chi connectivity index (χ3n) is 3.96. The number of benzene rings is 2. The van der Waals surface area contributed by atoms with E-state index in [-0.39, 0.29) is 22.8 Å². The summed E-state index contributed by atoms with van der Waals surface area (Å²) >= 11 is 0. The van der Waals surface area contributed by atoms with Crippen LogP contribution in [0.15, 0.2) is 46.6 Å². The van der Waals surface area contributed by atoms with Crippen LogP contribution < -0.4 is 9.47 Å². The number of carbonyl (C=O) groups excluding carboxylic acids is 1. The van der Waals surface area contributed by atoms with Crippen LogP contribution in [0.1, 0.15) is 10.4 Å². The average molecular weight is 368 g/mol. The Morgan fingerprint density at radius 1 is 1.19 bits per heavy atom. The smallest absolute Gasteiger partial charge is 0.295 e. The van der Waals surface area contributed by atoms with E-state index in [9.17, 15) is 20.0 Å². The van der Waals surface area contributed by atoms with Gasteiger partial charge in [0.15, 0.2) is 17.2 Å². The lowest BCUT2D eigenvalue weighted by Gasteiger charge is -2.17. The lowest BCUT2D eigenvalue weighted by Crippen LogP contribution is -2.15. The first kappa shape index (κ1) is 16.5. The van der Waals surface area contributed by atoms with Crippen LogP contribution in [0.25, 0.3) is 10.9 Å². The largest absolute Gasteiger partial charge is 0.493 e. The summed E-state index contributed by atoms with van der Waals surface area (Å²) in [5.74, 6) is -0.0201. The van der Waals surface area contributed by atoms with Gasteiger partial charge in [-0.15, -0.1) is 10.2 Å². The number of hydrogen-bond acceptors (Lipinski definition) is 7. The van der Waals surface area contributed by atoms with E-state index in [1.54, 1.807) is 12.1 Å². The van der Waals surface area contributed by atoms with Crippen molar-refractivity contribution in [2.75, 3.05) is 13.2 Å². The zero-order valence-electron chi connectivity index (χ0n) is 13.7. The monoisotopic (exact) mass is 368 g/mol. The molecule has 0 radical (unpaired) electrons. The van der Waals surface area contributed by atoms with E-state index in [2.05, 4.69) is 15.2 Å². The molecule has 1 aromatic heterocycles. The Morgan fingerprint density at radius 2 is 1.93 bits per heavy atom. The van der Waals surface area contributed by atoms with Crippen LogP contribution in [0.4, 0.5) is 11.4 Å². The predicted molar refractivity (Wildman–Crippen MR) is 92.9 cm³/mol.